The van der Waals surface area contributed by atoms with E-state index in [1.807, 2.05) is 35.8 Å². The maximum atomic E-state index is 14.8. The van der Waals surface area contributed by atoms with Crippen molar-refractivity contribution in [2.45, 2.75) is 102 Å². The summed E-state index contributed by atoms with van der Waals surface area (Å²) in [4.78, 5) is 39.9. The molecule has 4 bridgehead atoms. The van der Waals surface area contributed by atoms with Crippen molar-refractivity contribution in [1.29, 1.82) is 10.5 Å². The fraction of sp³-hybridized carbons (Fsp3) is 0.667. The molecule has 8 fully saturated rings. The predicted molar refractivity (Wildman–Crippen MR) is 204 cm³/mol. The Morgan fingerprint density at radius 1 is 0.672 bits per heavy atom. The molecule has 12 rings (SSSR count). The van der Waals surface area contributed by atoms with Crippen molar-refractivity contribution >= 4 is 35.2 Å². The van der Waals surface area contributed by atoms with Gasteiger partial charge in [-0.2, -0.15) is 10.5 Å². The van der Waals surface area contributed by atoms with Gasteiger partial charge in [-0.3, -0.25) is 9.59 Å². The van der Waals surface area contributed by atoms with E-state index in [0.29, 0.717) is 60.6 Å². The molecule has 308 valence electrons. The zero-order valence-corrected chi connectivity index (χ0v) is 32.7. The van der Waals surface area contributed by atoms with Crippen LogP contribution in [-0.2, 0) is 34.3 Å². The molecule has 4 unspecified atom stereocenters. The van der Waals surface area contributed by atoms with Crippen LogP contribution in [0, 0.1) is 58.2 Å². The van der Waals surface area contributed by atoms with Gasteiger partial charge in [0, 0.05) is 99.3 Å². The lowest BCUT2D eigenvalue weighted by atomic mass is 9.60. The monoisotopic (exact) mass is 804 g/mol. The molecule has 8 atom stereocenters. The van der Waals surface area contributed by atoms with Crippen molar-refractivity contribution in [3.05, 3.63) is 33.4 Å². The predicted octanol–water partition coefficient (Wildman–Crippen LogP) is 6.27. The maximum absolute atomic E-state index is 14.8. The molecule has 6 saturated heterocycles. The summed E-state index contributed by atoms with van der Waals surface area (Å²) in [6.07, 6.45) is 4.14. The smallest absolute Gasteiger partial charge is 0.303 e. The van der Waals surface area contributed by atoms with Gasteiger partial charge in [0.25, 0.3) is 11.8 Å². The number of carboxylic acid groups (broad SMARTS) is 2. The third-order valence-electron chi connectivity index (χ3n) is 14.9. The average Bonchev–Trinajstić information content (AvgIpc) is 3.68. The summed E-state index contributed by atoms with van der Waals surface area (Å²) in [6, 6.07) is 4.43. The first kappa shape index (κ1) is 38.6. The van der Waals surface area contributed by atoms with Crippen LogP contribution in [0.5, 0.6) is 0 Å². The van der Waals surface area contributed by atoms with E-state index in [1.165, 1.54) is 0 Å². The van der Waals surface area contributed by atoms with Crippen LogP contribution in [-0.4, -0.2) is 83.5 Å². The average molecular weight is 805 g/mol. The summed E-state index contributed by atoms with van der Waals surface area (Å²) in [6.45, 7) is 8.09. The minimum absolute atomic E-state index is 0.0312. The summed E-state index contributed by atoms with van der Waals surface area (Å²) in [5.41, 5.74) is 0.840. The highest BCUT2D eigenvalue weighted by molar-refractivity contribution is 5.73. The summed E-state index contributed by atoms with van der Waals surface area (Å²) in [7, 11) is 0. The van der Waals surface area contributed by atoms with Crippen LogP contribution < -0.4 is 19.6 Å². The number of halogens is 4. The van der Waals surface area contributed by atoms with Gasteiger partial charge in [-0.25, -0.2) is 27.5 Å². The summed E-state index contributed by atoms with van der Waals surface area (Å²) >= 11 is 0. The summed E-state index contributed by atoms with van der Waals surface area (Å²) in [5, 5.41) is 37.7. The molecule has 0 radical (unpaired) electrons. The standard InChI is InChI=1S/2C21H24F2N4O2/c2*1-11-3-5-27(11)20-16(8-24)18-14(2-4-21(18,22)23)19(25-20)26-9-12-6-13(10-26)15(12)7-17(28)29/h2*11-13,15H,2-7,9-10H2,1H3,(H,28,29)/t2*11?,12-,13+,15?. The third kappa shape index (κ3) is 6.10. The number of hydrogen-bond acceptors (Lipinski definition) is 10. The van der Waals surface area contributed by atoms with E-state index < -0.39 is 23.8 Å². The molecule has 0 aromatic carbocycles. The number of fused-ring (bicyclic) bond motifs is 6. The van der Waals surface area contributed by atoms with Crippen LogP contribution in [0.25, 0.3) is 0 Å². The van der Waals surface area contributed by atoms with Crippen molar-refractivity contribution in [2.24, 2.45) is 35.5 Å². The molecule has 2 aromatic heterocycles. The molecular formula is C42H48F4N8O4. The Morgan fingerprint density at radius 2 is 1.03 bits per heavy atom. The molecule has 4 aliphatic carbocycles. The second kappa shape index (κ2) is 13.9. The molecule has 58 heavy (non-hydrogen) atoms. The lowest BCUT2D eigenvalue weighted by Crippen LogP contribution is -2.56. The third-order valence-corrected chi connectivity index (χ3v) is 14.9. The van der Waals surface area contributed by atoms with E-state index >= 15 is 0 Å². The Hall–Kier alpha value is -4.86. The van der Waals surface area contributed by atoms with E-state index in [0.717, 1.165) is 38.8 Å². The van der Waals surface area contributed by atoms with Crippen molar-refractivity contribution in [3.8, 4) is 12.1 Å². The van der Waals surface area contributed by atoms with Gasteiger partial charge in [0.15, 0.2) is 0 Å². The number of alkyl halides is 4. The van der Waals surface area contributed by atoms with E-state index in [1.54, 1.807) is 0 Å². The molecule has 2 aromatic rings. The van der Waals surface area contributed by atoms with E-state index in [4.69, 9.17) is 20.2 Å². The number of aliphatic carboxylic acids is 2. The van der Waals surface area contributed by atoms with Gasteiger partial charge < -0.3 is 29.8 Å². The van der Waals surface area contributed by atoms with Crippen LogP contribution in [0.2, 0.25) is 0 Å². The topological polar surface area (TPSA) is 161 Å². The lowest BCUT2D eigenvalue weighted by Gasteiger charge is -2.54. The normalized spacial score (nSPS) is 31.5. The Kier molecular flexibility index (Phi) is 9.24. The van der Waals surface area contributed by atoms with Gasteiger partial charge in [-0.1, -0.05) is 0 Å². The van der Waals surface area contributed by atoms with Crippen molar-refractivity contribution in [2.75, 3.05) is 58.9 Å². The number of nitrogens with zero attached hydrogens (tertiary/aromatic N) is 8. The molecule has 8 heterocycles. The number of carbonyl (C=O) groups is 2. The Labute approximate surface area is 334 Å². The molecule has 2 saturated carbocycles. The van der Waals surface area contributed by atoms with E-state index in [-0.39, 0.29) is 108 Å². The highest BCUT2D eigenvalue weighted by Gasteiger charge is 2.53. The fourth-order valence-corrected chi connectivity index (χ4v) is 11.5. The molecule has 6 aliphatic heterocycles. The molecule has 12 nitrogen and oxygen atoms in total. The van der Waals surface area contributed by atoms with Crippen molar-refractivity contribution in [1.82, 2.24) is 9.97 Å². The highest BCUT2D eigenvalue weighted by Crippen LogP contribution is 2.55. The second-order valence-electron chi connectivity index (χ2n) is 18.1. The first-order valence-electron chi connectivity index (χ1n) is 20.8. The summed E-state index contributed by atoms with van der Waals surface area (Å²) in [5.74, 6) is -4.17. The molecular weight excluding hydrogens is 757 g/mol. The number of rotatable bonds is 8. The zero-order valence-electron chi connectivity index (χ0n) is 32.7. The molecule has 0 spiro atoms. The second-order valence-corrected chi connectivity index (χ2v) is 18.1. The molecule has 2 N–H and O–H groups in total. The minimum atomic E-state index is -3.01. The van der Waals surface area contributed by atoms with Gasteiger partial charge >= 0.3 is 11.9 Å². The number of anilines is 4. The van der Waals surface area contributed by atoms with Gasteiger partial charge in [0.2, 0.25) is 0 Å². The SMILES string of the molecule is CC1CCN1c1nc(N2C[C@H]3C[C@@H](C2)C3CC(=O)O)c2c(c1C#N)C(F)(F)CC2.CC1CCN1c1nc(N2C[C@H]3C[C@@H](C2)C3CC(=O)O)c2c(c1C#N)C(F)(F)CC2. The van der Waals surface area contributed by atoms with Gasteiger partial charge in [-0.05, 0) is 87.9 Å². The van der Waals surface area contributed by atoms with E-state index in [9.17, 15) is 37.7 Å². The zero-order chi connectivity index (χ0) is 41.0. The first-order valence-corrected chi connectivity index (χ1v) is 20.8. The fourth-order valence-electron chi connectivity index (χ4n) is 11.5. The quantitative estimate of drug-likeness (QED) is 0.288. The lowest BCUT2D eigenvalue weighted by molar-refractivity contribution is -0.142. The van der Waals surface area contributed by atoms with Gasteiger partial charge in [0.05, 0.1) is 0 Å². The maximum Gasteiger partial charge on any atom is 0.303 e. The van der Waals surface area contributed by atoms with Crippen molar-refractivity contribution in [3.63, 3.8) is 0 Å². The largest absolute Gasteiger partial charge is 0.481 e. The number of nitriles is 2. The molecule has 0 amide bonds. The van der Waals surface area contributed by atoms with Crippen LogP contribution in [0.3, 0.4) is 0 Å². The Bertz CT molecular complexity index is 1980. The Balaban J connectivity index is 0.000000150. The van der Waals surface area contributed by atoms with Crippen LogP contribution in [0.15, 0.2) is 0 Å². The number of carboxylic acids is 2. The number of aromatic nitrogens is 2. The number of hydrogen-bond donors (Lipinski definition) is 2. The minimum Gasteiger partial charge on any atom is -0.481 e. The molecule has 10 aliphatic rings. The van der Waals surface area contributed by atoms with Gasteiger partial charge in [-0.15, -0.1) is 0 Å². The van der Waals surface area contributed by atoms with Gasteiger partial charge in [0.1, 0.15) is 46.5 Å². The number of piperidine rings is 4. The van der Waals surface area contributed by atoms with Crippen LogP contribution in [0.4, 0.5) is 40.8 Å². The first-order chi connectivity index (χ1) is 27.6. The van der Waals surface area contributed by atoms with Crippen molar-refractivity contribution < 1.29 is 37.4 Å². The van der Waals surface area contributed by atoms with Crippen LogP contribution >= 0.6 is 0 Å². The molecule has 16 heteroatoms. The van der Waals surface area contributed by atoms with E-state index in [2.05, 4.69) is 9.80 Å². The number of pyridine rings is 2. The summed E-state index contributed by atoms with van der Waals surface area (Å²) < 4.78 is 59.2. The Morgan fingerprint density at radius 3 is 1.31 bits per heavy atom. The highest BCUT2D eigenvalue weighted by atomic mass is 19.3. The van der Waals surface area contributed by atoms with Crippen LogP contribution in [0.1, 0.15) is 98.6 Å².